The summed E-state index contributed by atoms with van der Waals surface area (Å²) in [5, 5.41) is 0. The Morgan fingerprint density at radius 2 is 1.46 bits per heavy atom. The summed E-state index contributed by atoms with van der Waals surface area (Å²) in [6.07, 6.45) is -0.140. The SMILES string of the molecule is CCOC(=O)C(Cc1ccccc1)N(CC)C(=O)OCc1ccccc1. The van der Waals surface area contributed by atoms with E-state index in [1.807, 2.05) is 67.6 Å². The molecule has 0 spiro atoms. The Morgan fingerprint density at radius 3 is 2.00 bits per heavy atom. The number of carbonyl (C=O) groups is 2. The molecule has 0 aliphatic carbocycles. The highest BCUT2D eigenvalue weighted by Crippen LogP contribution is 2.13. The molecular weight excluding hydrogens is 330 g/mol. The molecule has 5 nitrogen and oxygen atoms in total. The fourth-order valence-corrected chi connectivity index (χ4v) is 2.68. The summed E-state index contributed by atoms with van der Waals surface area (Å²) in [4.78, 5) is 26.5. The molecule has 2 aromatic rings. The summed E-state index contributed by atoms with van der Waals surface area (Å²) in [7, 11) is 0. The van der Waals surface area contributed by atoms with Crippen LogP contribution in [0.25, 0.3) is 0 Å². The second-order valence-electron chi connectivity index (χ2n) is 5.78. The van der Waals surface area contributed by atoms with Crippen LogP contribution >= 0.6 is 0 Å². The van der Waals surface area contributed by atoms with Crippen LogP contribution in [0.15, 0.2) is 60.7 Å². The first kappa shape index (κ1) is 19.5. The molecule has 0 saturated carbocycles. The van der Waals surface area contributed by atoms with Crippen molar-refractivity contribution in [3.8, 4) is 0 Å². The van der Waals surface area contributed by atoms with E-state index in [0.717, 1.165) is 11.1 Å². The first-order valence-electron chi connectivity index (χ1n) is 8.83. The molecule has 0 aromatic heterocycles. The number of nitrogens with zero attached hydrogens (tertiary/aromatic N) is 1. The summed E-state index contributed by atoms with van der Waals surface area (Å²) in [6.45, 7) is 4.35. The van der Waals surface area contributed by atoms with Gasteiger partial charge in [0.1, 0.15) is 12.6 Å². The number of hydrogen-bond acceptors (Lipinski definition) is 4. The van der Waals surface area contributed by atoms with Gasteiger partial charge in [0.15, 0.2) is 0 Å². The molecule has 0 radical (unpaired) electrons. The van der Waals surface area contributed by atoms with Crippen LogP contribution in [0.5, 0.6) is 0 Å². The van der Waals surface area contributed by atoms with Gasteiger partial charge >= 0.3 is 12.1 Å². The van der Waals surface area contributed by atoms with Gasteiger partial charge in [-0.1, -0.05) is 60.7 Å². The van der Waals surface area contributed by atoms with E-state index in [1.165, 1.54) is 4.90 Å². The number of rotatable bonds is 8. The quantitative estimate of drug-likeness (QED) is 0.676. The fraction of sp³-hybridized carbons (Fsp3) is 0.333. The second kappa shape index (κ2) is 10.2. The Labute approximate surface area is 154 Å². The number of benzene rings is 2. The van der Waals surface area contributed by atoms with E-state index in [-0.39, 0.29) is 13.2 Å². The van der Waals surface area contributed by atoms with E-state index in [4.69, 9.17) is 9.47 Å². The molecule has 0 saturated heterocycles. The summed E-state index contributed by atoms with van der Waals surface area (Å²) >= 11 is 0. The Hall–Kier alpha value is -2.82. The maximum atomic E-state index is 12.6. The van der Waals surface area contributed by atoms with E-state index in [9.17, 15) is 9.59 Å². The zero-order valence-corrected chi connectivity index (χ0v) is 15.3. The molecule has 0 aliphatic heterocycles. The van der Waals surface area contributed by atoms with Crippen molar-refractivity contribution in [2.24, 2.45) is 0 Å². The van der Waals surface area contributed by atoms with E-state index in [2.05, 4.69) is 0 Å². The Kier molecular flexibility index (Phi) is 7.68. The summed E-state index contributed by atoms with van der Waals surface area (Å²) in [6, 6.07) is 18.3. The highest BCUT2D eigenvalue weighted by Gasteiger charge is 2.31. The molecule has 0 bridgehead atoms. The van der Waals surface area contributed by atoms with E-state index in [0.29, 0.717) is 13.0 Å². The zero-order valence-electron chi connectivity index (χ0n) is 15.3. The highest BCUT2D eigenvalue weighted by molar-refractivity contribution is 5.81. The van der Waals surface area contributed by atoms with E-state index in [1.54, 1.807) is 6.92 Å². The smallest absolute Gasteiger partial charge is 0.410 e. The lowest BCUT2D eigenvalue weighted by molar-refractivity contribution is -0.149. The zero-order chi connectivity index (χ0) is 18.8. The lowest BCUT2D eigenvalue weighted by atomic mass is 10.0. The van der Waals surface area contributed by atoms with Gasteiger partial charge in [-0.2, -0.15) is 0 Å². The molecule has 2 rings (SSSR count). The Balaban J connectivity index is 2.10. The van der Waals surface area contributed by atoms with Crippen molar-refractivity contribution < 1.29 is 19.1 Å². The standard InChI is InChI=1S/C21H25NO4/c1-3-22(21(24)26-16-18-13-9-6-10-14-18)19(20(23)25-4-2)15-17-11-7-5-8-12-17/h5-14,19H,3-4,15-16H2,1-2H3. The van der Waals surface area contributed by atoms with E-state index < -0.39 is 18.1 Å². The van der Waals surface area contributed by atoms with Crippen LogP contribution in [0.4, 0.5) is 4.79 Å². The molecule has 138 valence electrons. The van der Waals surface area contributed by atoms with Gasteiger partial charge in [0, 0.05) is 13.0 Å². The van der Waals surface area contributed by atoms with Gasteiger partial charge in [-0.25, -0.2) is 9.59 Å². The van der Waals surface area contributed by atoms with Crippen molar-refractivity contribution in [2.75, 3.05) is 13.2 Å². The molecule has 5 heteroatoms. The topological polar surface area (TPSA) is 55.8 Å². The predicted octanol–water partition coefficient (Wildman–Crippen LogP) is 3.82. The molecule has 2 aromatic carbocycles. The van der Waals surface area contributed by atoms with Gasteiger partial charge in [-0.15, -0.1) is 0 Å². The second-order valence-corrected chi connectivity index (χ2v) is 5.78. The van der Waals surface area contributed by atoms with Crippen LogP contribution in [-0.2, 0) is 27.3 Å². The average molecular weight is 355 g/mol. The third kappa shape index (κ3) is 5.62. The van der Waals surface area contributed by atoms with Crippen LogP contribution in [-0.4, -0.2) is 36.2 Å². The van der Waals surface area contributed by atoms with Crippen LogP contribution in [0, 0.1) is 0 Å². The monoisotopic (exact) mass is 355 g/mol. The minimum absolute atomic E-state index is 0.164. The summed E-state index contributed by atoms with van der Waals surface area (Å²) in [5.74, 6) is -0.421. The van der Waals surface area contributed by atoms with Crippen molar-refractivity contribution in [1.82, 2.24) is 4.90 Å². The van der Waals surface area contributed by atoms with Gasteiger partial charge in [0.05, 0.1) is 6.61 Å². The van der Waals surface area contributed by atoms with Crippen molar-refractivity contribution in [3.63, 3.8) is 0 Å². The number of amides is 1. The lowest BCUT2D eigenvalue weighted by Gasteiger charge is -2.28. The van der Waals surface area contributed by atoms with Gasteiger partial charge in [-0.05, 0) is 25.0 Å². The molecule has 0 N–H and O–H groups in total. The predicted molar refractivity (Wildman–Crippen MR) is 99.6 cm³/mol. The van der Waals surface area contributed by atoms with E-state index >= 15 is 0 Å². The average Bonchev–Trinajstić information content (AvgIpc) is 2.68. The molecule has 0 aliphatic rings. The largest absolute Gasteiger partial charge is 0.464 e. The Morgan fingerprint density at radius 1 is 0.885 bits per heavy atom. The van der Waals surface area contributed by atoms with Crippen molar-refractivity contribution in [2.45, 2.75) is 32.9 Å². The van der Waals surface area contributed by atoms with Gasteiger partial charge in [0.25, 0.3) is 0 Å². The van der Waals surface area contributed by atoms with Gasteiger partial charge in [0.2, 0.25) is 0 Å². The Bertz CT molecular complexity index is 688. The number of ether oxygens (including phenoxy) is 2. The third-order valence-corrected chi connectivity index (χ3v) is 3.99. The van der Waals surface area contributed by atoms with Crippen molar-refractivity contribution in [1.29, 1.82) is 0 Å². The van der Waals surface area contributed by atoms with Crippen molar-refractivity contribution >= 4 is 12.1 Å². The normalized spacial score (nSPS) is 11.5. The molecule has 1 atom stereocenters. The number of carbonyl (C=O) groups excluding carboxylic acids is 2. The molecule has 26 heavy (non-hydrogen) atoms. The minimum Gasteiger partial charge on any atom is -0.464 e. The van der Waals surface area contributed by atoms with Crippen LogP contribution < -0.4 is 0 Å². The lowest BCUT2D eigenvalue weighted by Crippen LogP contribution is -2.47. The maximum Gasteiger partial charge on any atom is 0.410 e. The number of likely N-dealkylation sites (N-methyl/N-ethyl adjacent to an activating group) is 1. The molecule has 1 unspecified atom stereocenters. The fourth-order valence-electron chi connectivity index (χ4n) is 2.68. The maximum absolute atomic E-state index is 12.6. The van der Waals surface area contributed by atoms with Crippen LogP contribution in [0.1, 0.15) is 25.0 Å². The third-order valence-electron chi connectivity index (χ3n) is 3.99. The van der Waals surface area contributed by atoms with Gasteiger partial charge in [-0.3, -0.25) is 4.90 Å². The highest BCUT2D eigenvalue weighted by atomic mass is 16.6. The molecule has 0 heterocycles. The first-order chi connectivity index (χ1) is 12.7. The summed E-state index contributed by atoms with van der Waals surface area (Å²) in [5.41, 5.74) is 1.85. The molecule has 0 fully saturated rings. The van der Waals surface area contributed by atoms with Crippen LogP contribution in [0.3, 0.4) is 0 Å². The number of hydrogen-bond donors (Lipinski definition) is 0. The summed E-state index contributed by atoms with van der Waals surface area (Å²) < 4.78 is 10.6. The van der Waals surface area contributed by atoms with Crippen molar-refractivity contribution in [3.05, 3.63) is 71.8 Å². The van der Waals surface area contributed by atoms with Gasteiger partial charge < -0.3 is 9.47 Å². The number of esters is 1. The first-order valence-corrected chi connectivity index (χ1v) is 8.83. The molecule has 1 amide bonds. The van der Waals surface area contributed by atoms with Crippen LogP contribution in [0.2, 0.25) is 0 Å². The molecular formula is C21H25NO4. The minimum atomic E-state index is -0.717.